The monoisotopic (exact) mass is 179 g/mol. The Bertz CT molecular complexity index is 301. The molecule has 1 rings (SSSR count). The fourth-order valence-electron chi connectivity index (χ4n) is 0.929. The fourth-order valence-corrected chi connectivity index (χ4v) is 0.929. The number of carbonyl (C=O) groups is 1. The number of nitrogens with one attached hydrogen (secondary N) is 1. The van der Waals surface area contributed by atoms with Crippen molar-refractivity contribution in [3.63, 3.8) is 0 Å². The highest BCUT2D eigenvalue weighted by Crippen LogP contribution is 2.12. The van der Waals surface area contributed by atoms with Crippen LogP contribution in [0.5, 0.6) is 0 Å². The van der Waals surface area contributed by atoms with Crippen molar-refractivity contribution >= 4 is 5.91 Å². The van der Waals surface area contributed by atoms with Crippen LogP contribution in [0, 0.1) is 0 Å². The molecule has 1 N–H and O–H groups in total. The summed E-state index contributed by atoms with van der Waals surface area (Å²) in [5.74, 6) is 0.596. The van der Waals surface area contributed by atoms with E-state index in [9.17, 15) is 4.79 Å². The lowest BCUT2D eigenvalue weighted by Crippen LogP contribution is -2.26. The SMILES string of the molecule is C=C(C)C(=O)NC(C)c1ccco1. The van der Waals surface area contributed by atoms with Gasteiger partial charge in [0.25, 0.3) is 0 Å². The zero-order chi connectivity index (χ0) is 9.84. The van der Waals surface area contributed by atoms with Gasteiger partial charge in [-0.15, -0.1) is 0 Å². The van der Waals surface area contributed by atoms with Crippen molar-refractivity contribution < 1.29 is 9.21 Å². The van der Waals surface area contributed by atoms with Crippen molar-refractivity contribution in [3.8, 4) is 0 Å². The van der Waals surface area contributed by atoms with E-state index in [1.165, 1.54) is 0 Å². The van der Waals surface area contributed by atoms with E-state index in [1.54, 1.807) is 19.3 Å². The maximum atomic E-state index is 11.2. The zero-order valence-electron chi connectivity index (χ0n) is 7.83. The number of hydrogen-bond acceptors (Lipinski definition) is 2. The van der Waals surface area contributed by atoms with Gasteiger partial charge in [0.05, 0.1) is 12.3 Å². The molecule has 0 radical (unpaired) electrons. The maximum absolute atomic E-state index is 11.2. The van der Waals surface area contributed by atoms with Crippen LogP contribution in [-0.2, 0) is 4.79 Å². The standard InChI is InChI=1S/C10H13NO2/c1-7(2)10(12)11-8(3)9-5-4-6-13-9/h4-6,8H,1H2,2-3H3,(H,11,12). The first-order valence-corrected chi connectivity index (χ1v) is 4.11. The average molecular weight is 179 g/mol. The second kappa shape index (κ2) is 3.94. The van der Waals surface area contributed by atoms with Crippen LogP contribution in [0.3, 0.4) is 0 Å². The zero-order valence-corrected chi connectivity index (χ0v) is 7.83. The van der Waals surface area contributed by atoms with Crippen LogP contribution >= 0.6 is 0 Å². The van der Waals surface area contributed by atoms with Crippen molar-refractivity contribution in [1.82, 2.24) is 5.32 Å². The molecule has 0 saturated carbocycles. The van der Waals surface area contributed by atoms with Crippen molar-refractivity contribution in [1.29, 1.82) is 0 Å². The molecule has 0 fully saturated rings. The van der Waals surface area contributed by atoms with Crippen LogP contribution in [0.4, 0.5) is 0 Å². The Balaban J connectivity index is 2.56. The van der Waals surface area contributed by atoms with Gasteiger partial charge < -0.3 is 9.73 Å². The van der Waals surface area contributed by atoms with E-state index in [0.29, 0.717) is 5.57 Å². The molecule has 1 aromatic rings. The van der Waals surface area contributed by atoms with Crippen LogP contribution < -0.4 is 5.32 Å². The Morgan fingerprint density at radius 3 is 2.85 bits per heavy atom. The van der Waals surface area contributed by atoms with E-state index in [-0.39, 0.29) is 11.9 Å². The highest BCUT2D eigenvalue weighted by molar-refractivity contribution is 5.92. The number of amides is 1. The molecule has 0 bridgehead atoms. The van der Waals surface area contributed by atoms with Gasteiger partial charge in [0, 0.05) is 5.57 Å². The van der Waals surface area contributed by atoms with Gasteiger partial charge in [0.15, 0.2) is 0 Å². The summed E-state index contributed by atoms with van der Waals surface area (Å²) in [5.41, 5.74) is 0.499. The number of furan rings is 1. The summed E-state index contributed by atoms with van der Waals surface area (Å²) in [6.07, 6.45) is 1.58. The van der Waals surface area contributed by atoms with Crippen molar-refractivity contribution in [2.24, 2.45) is 0 Å². The molecule has 1 unspecified atom stereocenters. The number of carbonyl (C=O) groups excluding carboxylic acids is 1. The first-order chi connectivity index (χ1) is 6.11. The molecular weight excluding hydrogens is 166 g/mol. The summed E-state index contributed by atoms with van der Waals surface area (Å²) >= 11 is 0. The Morgan fingerprint density at radius 2 is 2.38 bits per heavy atom. The summed E-state index contributed by atoms with van der Waals surface area (Å²) in [6.45, 7) is 7.08. The van der Waals surface area contributed by atoms with Crippen LogP contribution in [0.2, 0.25) is 0 Å². The van der Waals surface area contributed by atoms with Crippen LogP contribution in [0.1, 0.15) is 25.6 Å². The molecule has 0 aromatic carbocycles. The Hall–Kier alpha value is -1.51. The lowest BCUT2D eigenvalue weighted by atomic mass is 10.2. The summed E-state index contributed by atoms with van der Waals surface area (Å²) in [7, 11) is 0. The molecule has 1 heterocycles. The van der Waals surface area contributed by atoms with Gasteiger partial charge in [0.2, 0.25) is 5.91 Å². The van der Waals surface area contributed by atoms with Gasteiger partial charge in [-0.05, 0) is 26.0 Å². The van der Waals surface area contributed by atoms with E-state index in [0.717, 1.165) is 5.76 Å². The van der Waals surface area contributed by atoms with Crippen molar-refractivity contribution in [3.05, 3.63) is 36.3 Å². The minimum atomic E-state index is -0.149. The minimum Gasteiger partial charge on any atom is -0.467 e. The second-order valence-electron chi connectivity index (χ2n) is 2.99. The van der Waals surface area contributed by atoms with E-state index in [4.69, 9.17) is 4.42 Å². The number of rotatable bonds is 3. The smallest absolute Gasteiger partial charge is 0.246 e. The van der Waals surface area contributed by atoms with Crippen LogP contribution in [0.25, 0.3) is 0 Å². The number of hydrogen-bond donors (Lipinski definition) is 1. The lowest BCUT2D eigenvalue weighted by Gasteiger charge is -2.10. The molecule has 3 heteroatoms. The van der Waals surface area contributed by atoms with E-state index < -0.39 is 0 Å². The highest BCUT2D eigenvalue weighted by atomic mass is 16.3. The molecule has 0 aliphatic rings. The van der Waals surface area contributed by atoms with Gasteiger partial charge in [-0.2, -0.15) is 0 Å². The molecule has 0 aliphatic carbocycles. The van der Waals surface area contributed by atoms with E-state index in [2.05, 4.69) is 11.9 Å². The molecule has 0 saturated heterocycles. The van der Waals surface area contributed by atoms with Crippen molar-refractivity contribution in [2.45, 2.75) is 19.9 Å². The third-order valence-electron chi connectivity index (χ3n) is 1.71. The fraction of sp³-hybridized carbons (Fsp3) is 0.300. The van der Waals surface area contributed by atoms with Crippen molar-refractivity contribution in [2.75, 3.05) is 0 Å². The molecule has 0 spiro atoms. The average Bonchev–Trinajstić information content (AvgIpc) is 2.55. The van der Waals surface area contributed by atoms with Crippen LogP contribution in [-0.4, -0.2) is 5.91 Å². The summed E-state index contributed by atoms with van der Waals surface area (Å²) in [6, 6.07) is 3.50. The minimum absolute atomic E-state index is 0.112. The highest BCUT2D eigenvalue weighted by Gasteiger charge is 2.11. The summed E-state index contributed by atoms with van der Waals surface area (Å²) in [4.78, 5) is 11.2. The molecule has 0 aliphatic heterocycles. The van der Waals surface area contributed by atoms with Gasteiger partial charge in [0.1, 0.15) is 5.76 Å². The van der Waals surface area contributed by atoms with Gasteiger partial charge in [-0.3, -0.25) is 4.79 Å². The van der Waals surface area contributed by atoms with E-state index in [1.807, 2.05) is 13.0 Å². The maximum Gasteiger partial charge on any atom is 0.246 e. The second-order valence-corrected chi connectivity index (χ2v) is 2.99. The molecule has 3 nitrogen and oxygen atoms in total. The largest absolute Gasteiger partial charge is 0.467 e. The molecule has 1 aromatic heterocycles. The quantitative estimate of drug-likeness (QED) is 0.721. The first kappa shape index (κ1) is 9.58. The lowest BCUT2D eigenvalue weighted by molar-refractivity contribution is -0.118. The Kier molecular flexibility index (Phi) is 2.90. The molecule has 70 valence electrons. The topological polar surface area (TPSA) is 42.2 Å². The molecular formula is C10H13NO2. The molecule has 13 heavy (non-hydrogen) atoms. The van der Waals surface area contributed by atoms with Gasteiger partial charge >= 0.3 is 0 Å². The van der Waals surface area contributed by atoms with E-state index >= 15 is 0 Å². The van der Waals surface area contributed by atoms with Gasteiger partial charge in [-0.1, -0.05) is 6.58 Å². The Morgan fingerprint density at radius 1 is 1.69 bits per heavy atom. The summed E-state index contributed by atoms with van der Waals surface area (Å²) in [5, 5.41) is 2.75. The summed E-state index contributed by atoms with van der Waals surface area (Å²) < 4.78 is 5.13. The third kappa shape index (κ3) is 2.47. The molecule has 1 atom stereocenters. The predicted molar refractivity (Wildman–Crippen MR) is 50.1 cm³/mol. The molecule has 1 amide bonds. The third-order valence-corrected chi connectivity index (χ3v) is 1.71. The van der Waals surface area contributed by atoms with Crippen LogP contribution in [0.15, 0.2) is 35.0 Å². The van der Waals surface area contributed by atoms with Gasteiger partial charge in [-0.25, -0.2) is 0 Å². The first-order valence-electron chi connectivity index (χ1n) is 4.11. The predicted octanol–water partition coefficient (Wildman–Crippen LogP) is 2.03. The normalized spacial score (nSPS) is 12.2. The Labute approximate surface area is 77.4 Å².